The first-order valence-electron chi connectivity index (χ1n) is 9.60. The van der Waals surface area contributed by atoms with Crippen LogP contribution >= 0.6 is 0 Å². The molecule has 2 aliphatic rings. The van der Waals surface area contributed by atoms with E-state index in [1.807, 2.05) is 18.2 Å². The molecular formula is C22H27NO2. The second kappa shape index (κ2) is 7.49. The van der Waals surface area contributed by atoms with E-state index in [4.69, 9.17) is 4.74 Å². The lowest BCUT2D eigenvalue weighted by Crippen LogP contribution is -2.25. The van der Waals surface area contributed by atoms with Crippen molar-refractivity contribution in [3.05, 3.63) is 47.5 Å². The molecule has 2 aromatic rings. The molecule has 1 N–H and O–H groups in total. The number of hydrogen-bond acceptors (Lipinski definition) is 3. The zero-order valence-corrected chi connectivity index (χ0v) is 14.8. The molecule has 1 heterocycles. The normalized spacial score (nSPS) is 17.4. The summed E-state index contributed by atoms with van der Waals surface area (Å²) in [6.07, 6.45) is 7.29. The highest BCUT2D eigenvalue weighted by molar-refractivity contribution is 5.75. The van der Waals surface area contributed by atoms with Crippen LogP contribution in [0.3, 0.4) is 0 Å². The Morgan fingerprint density at radius 2 is 1.64 bits per heavy atom. The van der Waals surface area contributed by atoms with Gasteiger partial charge in [0.1, 0.15) is 18.1 Å². The predicted molar refractivity (Wildman–Crippen MR) is 101 cm³/mol. The fourth-order valence-corrected chi connectivity index (χ4v) is 4.15. The van der Waals surface area contributed by atoms with Gasteiger partial charge in [-0.05, 0) is 86.5 Å². The van der Waals surface area contributed by atoms with Gasteiger partial charge in [-0.2, -0.15) is 0 Å². The molecule has 0 bridgehead atoms. The van der Waals surface area contributed by atoms with E-state index in [0.29, 0.717) is 5.75 Å². The minimum Gasteiger partial charge on any atom is -0.507 e. The molecule has 0 radical (unpaired) electrons. The van der Waals surface area contributed by atoms with Gasteiger partial charge in [0.15, 0.2) is 0 Å². The Labute approximate surface area is 150 Å². The zero-order chi connectivity index (χ0) is 17.1. The minimum atomic E-state index is 0.392. The summed E-state index contributed by atoms with van der Waals surface area (Å²) in [5.74, 6) is 1.30. The molecule has 0 atom stereocenters. The van der Waals surface area contributed by atoms with Gasteiger partial charge in [0.25, 0.3) is 0 Å². The van der Waals surface area contributed by atoms with E-state index < -0.39 is 0 Å². The van der Waals surface area contributed by atoms with Crippen molar-refractivity contribution in [2.24, 2.45) is 0 Å². The van der Waals surface area contributed by atoms with Crippen molar-refractivity contribution in [1.82, 2.24) is 4.90 Å². The summed E-state index contributed by atoms with van der Waals surface area (Å²) >= 11 is 0. The zero-order valence-electron chi connectivity index (χ0n) is 14.8. The standard InChI is InChI=1S/C22H27NO2/c24-21-12-9-17-5-1-2-6-20(17)22(21)18-7-10-19(11-8-18)25-16-15-23-13-3-4-14-23/h7-12,24H,1-6,13-16H2. The van der Waals surface area contributed by atoms with Crippen LogP contribution in [0.15, 0.2) is 36.4 Å². The Kier molecular flexibility index (Phi) is 4.93. The van der Waals surface area contributed by atoms with E-state index >= 15 is 0 Å². The maximum absolute atomic E-state index is 10.4. The maximum Gasteiger partial charge on any atom is 0.123 e. The lowest BCUT2D eigenvalue weighted by molar-refractivity contribution is 0.238. The Balaban J connectivity index is 1.47. The molecule has 1 aliphatic carbocycles. The third-order valence-electron chi connectivity index (χ3n) is 5.53. The summed E-state index contributed by atoms with van der Waals surface area (Å²) in [6, 6.07) is 12.1. The molecule has 0 spiro atoms. The third kappa shape index (κ3) is 3.67. The summed E-state index contributed by atoms with van der Waals surface area (Å²) in [6.45, 7) is 4.17. The van der Waals surface area contributed by atoms with E-state index in [0.717, 1.165) is 42.9 Å². The summed E-state index contributed by atoms with van der Waals surface area (Å²) in [7, 11) is 0. The van der Waals surface area contributed by atoms with Crippen LogP contribution in [0.4, 0.5) is 0 Å². The maximum atomic E-state index is 10.4. The number of fused-ring (bicyclic) bond motifs is 1. The number of likely N-dealkylation sites (tertiary alicyclic amines) is 1. The van der Waals surface area contributed by atoms with Crippen molar-refractivity contribution in [2.75, 3.05) is 26.2 Å². The van der Waals surface area contributed by atoms with Gasteiger partial charge in [-0.1, -0.05) is 18.2 Å². The first-order valence-corrected chi connectivity index (χ1v) is 9.60. The van der Waals surface area contributed by atoms with Gasteiger partial charge in [-0.3, -0.25) is 4.90 Å². The van der Waals surface area contributed by atoms with Crippen LogP contribution in [0.5, 0.6) is 11.5 Å². The number of nitrogens with zero attached hydrogens (tertiary/aromatic N) is 1. The second-order valence-corrected chi connectivity index (χ2v) is 7.23. The number of ether oxygens (including phenoxy) is 1. The average Bonchev–Trinajstić information content (AvgIpc) is 3.16. The summed E-state index contributed by atoms with van der Waals surface area (Å²) < 4.78 is 5.90. The Morgan fingerprint density at radius 1 is 0.880 bits per heavy atom. The highest BCUT2D eigenvalue weighted by atomic mass is 16.5. The fraction of sp³-hybridized carbons (Fsp3) is 0.455. The van der Waals surface area contributed by atoms with Crippen molar-refractivity contribution in [1.29, 1.82) is 0 Å². The van der Waals surface area contributed by atoms with Gasteiger partial charge < -0.3 is 9.84 Å². The van der Waals surface area contributed by atoms with Gasteiger partial charge in [0.05, 0.1) is 0 Å². The molecule has 25 heavy (non-hydrogen) atoms. The molecule has 1 aliphatic heterocycles. The highest BCUT2D eigenvalue weighted by Gasteiger charge is 2.17. The van der Waals surface area contributed by atoms with Crippen molar-refractivity contribution in [3.63, 3.8) is 0 Å². The summed E-state index contributed by atoms with van der Waals surface area (Å²) in [4.78, 5) is 2.46. The number of phenols is 1. The van der Waals surface area contributed by atoms with E-state index in [2.05, 4.69) is 23.1 Å². The van der Waals surface area contributed by atoms with Crippen LogP contribution in [0.1, 0.15) is 36.8 Å². The number of hydrogen-bond donors (Lipinski definition) is 1. The first kappa shape index (κ1) is 16.5. The second-order valence-electron chi connectivity index (χ2n) is 7.23. The van der Waals surface area contributed by atoms with Crippen molar-refractivity contribution in [2.45, 2.75) is 38.5 Å². The van der Waals surface area contributed by atoms with Crippen LogP contribution in [0.25, 0.3) is 11.1 Å². The summed E-state index contributed by atoms with van der Waals surface area (Å²) in [5, 5.41) is 10.4. The van der Waals surface area contributed by atoms with Gasteiger partial charge in [-0.25, -0.2) is 0 Å². The Morgan fingerprint density at radius 3 is 2.44 bits per heavy atom. The predicted octanol–water partition coefficient (Wildman–Crippen LogP) is 4.41. The van der Waals surface area contributed by atoms with Crippen LogP contribution < -0.4 is 4.74 Å². The SMILES string of the molecule is Oc1ccc2c(c1-c1ccc(OCCN3CCCC3)cc1)CCCC2. The van der Waals surface area contributed by atoms with Gasteiger partial charge in [-0.15, -0.1) is 0 Å². The van der Waals surface area contributed by atoms with Crippen molar-refractivity contribution in [3.8, 4) is 22.6 Å². The number of rotatable bonds is 5. The van der Waals surface area contributed by atoms with Crippen molar-refractivity contribution < 1.29 is 9.84 Å². The smallest absolute Gasteiger partial charge is 0.123 e. The van der Waals surface area contributed by atoms with Crippen molar-refractivity contribution >= 4 is 0 Å². The van der Waals surface area contributed by atoms with E-state index in [9.17, 15) is 5.11 Å². The topological polar surface area (TPSA) is 32.7 Å². The molecule has 0 saturated carbocycles. The van der Waals surface area contributed by atoms with E-state index in [1.54, 1.807) is 0 Å². The number of phenolic OH excluding ortho intramolecular Hbond substituents is 1. The molecule has 1 fully saturated rings. The van der Waals surface area contributed by atoms with Crippen LogP contribution in [-0.2, 0) is 12.8 Å². The molecular weight excluding hydrogens is 310 g/mol. The largest absolute Gasteiger partial charge is 0.507 e. The number of aryl methyl sites for hydroxylation is 1. The third-order valence-corrected chi connectivity index (χ3v) is 5.53. The summed E-state index contributed by atoms with van der Waals surface area (Å²) in [5.41, 5.74) is 4.82. The number of aromatic hydroxyl groups is 1. The monoisotopic (exact) mass is 337 g/mol. The lowest BCUT2D eigenvalue weighted by Gasteiger charge is -2.21. The van der Waals surface area contributed by atoms with Crippen LogP contribution in [0, 0.1) is 0 Å². The van der Waals surface area contributed by atoms with Gasteiger partial charge >= 0.3 is 0 Å². The highest BCUT2D eigenvalue weighted by Crippen LogP contribution is 2.38. The first-order chi connectivity index (χ1) is 12.3. The Bertz CT molecular complexity index is 718. The molecule has 3 nitrogen and oxygen atoms in total. The molecule has 132 valence electrons. The molecule has 2 aromatic carbocycles. The molecule has 0 amide bonds. The van der Waals surface area contributed by atoms with Crippen LogP contribution in [0.2, 0.25) is 0 Å². The molecule has 4 rings (SSSR count). The minimum absolute atomic E-state index is 0.392. The molecule has 0 aromatic heterocycles. The fourth-order valence-electron chi connectivity index (χ4n) is 4.15. The molecule has 0 unspecified atom stereocenters. The van der Waals surface area contributed by atoms with E-state index in [-0.39, 0.29) is 0 Å². The quantitative estimate of drug-likeness (QED) is 0.877. The molecule has 1 saturated heterocycles. The number of benzene rings is 2. The van der Waals surface area contributed by atoms with E-state index in [1.165, 1.54) is 49.9 Å². The molecule has 3 heteroatoms. The lowest BCUT2D eigenvalue weighted by atomic mass is 9.85. The van der Waals surface area contributed by atoms with Gasteiger partial charge in [0.2, 0.25) is 0 Å². The average molecular weight is 337 g/mol. The van der Waals surface area contributed by atoms with Crippen LogP contribution in [-0.4, -0.2) is 36.2 Å². The Hall–Kier alpha value is -2.00. The van der Waals surface area contributed by atoms with Gasteiger partial charge in [0, 0.05) is 12.1 Å².